The lowest BCUT2D eigenvalue weighted by atomic mass is 10.1. The molecule has 4 nitrogen and oxygen atoms in total. The molecule has 0 bridgehead atoms. The van der Waals surface area contributed by atoms with E-state index in [1.165, 1.54) is 6.42 Å². The van der Waals surface area contributed by atoms with Gasteiger partial charge in [-0.2, -0.15) is 0 Å². The Balaban J connectivity index is 2.11. The molecule has 1 heterocycles. The van der Waals surface area contributed by atoms with Gasteiger partial charge in [0.1, 0.15) is 0 Å². The molecule has 1 aliphatic rings. The van der Waals surface area contributed by atoms with Crippen molar-refractivity contribution in [1.82, 2.24) is 10.2 Å². The number of hydrogen-bond donors (Lipinski definition) is 2. The number of likely N-dealkylation sites (tertiary alicyclic amines) is 1. The zero-order chi connectivity index (χ0) is 8.97. The Morgan fingerprint density at radius 1 is 1.75 bits per heavy atom. The third kappa shape index (κ3) is 2.79. The van der Waals surface area contributed by atoms with Crippen molar-refractivity contribution in [3.8, 4) is 0 Å². The van der Waals surface area contributed by atoms with Crippen LogP contribution in [0.15, 0.2) is 0 Å². The molecule has 3 N–H and O–H groups in total. The van der Waals surface area contributed by atoms with Crippen LogP contribution in [0.5, 0.6) is 0 Å². The number of carbonyl (C=O) groups is 1. The number of carbonyl (C=O) groups excluding carboxylic acids is 1. The first-order chi connectivity index (χ1) is 5.72. The lowest BCUT2D eigenvalue weighted by Gasteiger charge is -2.10. The molecule has 1 atom stereocenters. The summed E-state index contributed by atoms with van der Waals surface area (Å²) >= 11 is 0. The highest BCUT2D eigenvalue weighted by Gasteiger charge is 2.19. The second-order valence-corrected chi connectivity index (χ2v) is 3.43. The molecule has 0 aromatic carbocycles. The molecular weight excluding hydrogens is 154 g/mol. The molecule has 1 fully saturated rings. The van der Waals surface area contributed by atoms with E-state index in [0.717, 1.165) is 19.6 Å². The number of nitrogens with one attached hydrogen (secondary N) is 1. The maximum Gasteiger partial charge on any atom is 0.233 e. The van der Waals surface area contributed by atoms with Gasteiger partial charge in [-0.1, -0.05) is 0 Å². The molecule has 0 aliphatic carbocycles. The summed E-state index contributed by atoms with van der Waals surface area (Å²) in [5.74, 6) is 0.565. The molecule has 70 valence electrons. The predicted molar refractivity (Wildman–Crippen MR) is 47.7 cm³/mol. The van der Waals surface area contributed by atoms with Crippen LogP contribution in [0.25, 0.3) is 0 Å². The molecule has 1 aliphatic heterocycles. The first-order valence-electron chi connectivity index (χ1n) is 4.37. The maximum atomic E-state index is 10.8. The van der Waals surface area contributed by atoms with E-state index in [1.54, 1.807) is 0 Å². The maximum absolute atomic E-state index is 10.8. The van der Waals surface area contributed by atoms with Gasteiger partial charge in [-0.3, -0.25) is 4.79 Å². The van der Waals surface area contributed by atoms with Crippen molar-refractivity contribution in [2.45, 2.75) is 6.42 Å². The Kier molecular flexibility index (Phi) is 3.49. The Bertz CT molecular complexity index is 160. The lowest BCUT2D eigenvalue weighted by molar-refractivity contribution is -0.119. The van der Waals surface area contributed by atoms with Crippen molar-refractivity contribution in [3.63, 3.8) is 0 Å². The van der Waals surface area contributed by atoms with E-state index >= 15 is 0 Å². The lowest BCUT2D eigenvalue weighted by Crippen LogP contribution is -2.34. The van der Waals surface area contributed by atoms with Crippen LogP contribution in [0.2, 0.25) is 0 Å². The molecule has 0 aromatic rings. The average Bonchev–Trinajstić information content (AvgIpc) is 2.47. The van der Waals surface area contributed by atoms with Gasteiger partial charge in [-0.25, -0.2) is 0 Å². The third-order valence-electron chi connectivity index (χ3n) is 2.26. The highest BCUT2D eigenvalue weighted by molar-refractivity contribution is 5.77. The fourth-order valence-electron chi connectivity index (χ4n) is 1.52. The minimum absolute atomic E-state index is 0.0513. The summed E-state index contributed by atoms with van der Waals surface area (Å²) in [5.41, 5.74) is 5.16. The van der Waals surface area contributed by atoms with Gasteiger partial charge in [-0.05, 0) is 25.9 Å². The number of nitrogens with zero attached hydrogens (tertiary/aromatic N) is 1. The predicted octanol–water partition coefficient (Wildman–Crippen LogP) is -0.987. The second kappa shape index (κ2) is 4.42. The van der Waals surface area contributed by atoms with Crippen LogP contribution >= 0.6 is 0 Å². The summed E-state index contributed by atoms with van der Waals surface area (Å²) in [7, 11) is 2.10. The van der Waals surface area contributed by atoms with E-state index in [1.807, 2.05) is 0 Å². The average molecular weight is 171 g/mol. The monoisotopic (exact) mass is 171 g/mol. The fraction of sp³-hybridized carbons (Fsp3) is 0.875. The van der Waals surface area contributed by atoms with E-state index in [4.69, 9.17) is 5.73 Å². The quantitative estimate of drug-likeness (QED) is 0.573. The van der Waals surface area contributed by atoms with E-state index in [-0.39, 0.29) is 12.5 Å². The smallest absolute Gasteiger partial charge is 0.233 e. The topological polar surface area (TPSA) is 58.4 Å². The normalized spacial score (nSPS) is 24.3. The van der Waals surface area contributed by atoms with Gasteiger partial charge >= 0.3 is 0 Å². The molecule has 1 unspecified atom stereocenters. The summed E-state index contributed by atoms with van der Waals surface area (Å²) in [6, 6.07) is 0. The third-order valence-corrected chi connectivity index (χ3v) is 2.26. The van der Waals surface area contributed by atoms with Crippen molar-refractivity contribution >= 4 is 5.91 Å². The van der Waals surface area contributed by atoms with E-state index in [2.05, 4.69) is 17.3 Å². The van der Waals surface area contributed by atoms with E-state index < -0.39 is 0 Å². The van der Waals surface area contributed by atoms with Crippen molar-refractivity contribution in [2.24, 2.45) is 11.7 Å². The molecule has 4 heteroatoms. The molecular formula is C8H17N3O. The first-order valence-corrected chi connectivity index (χ1v) is 4.37. The summed E-state index contributed by atoms with van der Waals surface area (Å²) < 4.78 is 0. The van der Waals surface area contributed by atoms with Crippen LogP contribution in [0, 0.1) is 5.92 Å². The van der Waals surface area contributed by atoms with Crippen LogP contribution in [0.1, 0.15) is 6.42 Å². The van der Waals surface area contributed by atoms with Gasteiger partial charge in [-0.15, -0.1) is 0 Å². The molecule has 0 saturated carbocycles. The van der Waals surface area contributed by atoms with Gasteiger partial charge in [0.15, 0.2) is 0 Å². The number of amides is 1. The molecule has 0 spiro atoms. The summed E-state index contributed by atoms with van der Waals surface area (Å²) in [5, 5.41) is 2.80. The molecule has 1 saturated heterocycles. The van der Waals surface area contributed by atoms with Gasteiger partial charge in [0, 0.05) is 13.1 Å². The standard InChI is InChI=1S/C8H17N3O/c1-11-3-2-7(6-11)5-10-8(12)4-9/h7H,2-6,9H2,1H3,(H,10,12). The second-order valence-electron chi connectivity index (χ2n) is 3.43. The zero-order valence-corrected chi connectivity index (χ0v) is 7.55. The van der Waals surface area contributed by atoms with Gasteiger partial charge in [0.25, 0.3) is 0 Å². The minimum Gasteiger partial charge on any atom is -0.355 e. The van der Waals surface area contributed by atoms with Crippen molar-refractivity contribution in [3.05, 3.63) is 0 Å². The Hall–Kier alpha value is -0.610. The van der Waals surface area contributed by atoms with Gasteiger partial charge in [0.2, 0.25) is 5.91 Å². The number of rotatable bonds is 3. The number of nitrogens with two attached hydrogens (primary N) is 1. The first kappa shape index (κ1) is 9.48. The van der Waals surface area contributed by atoms with Crippen molar-refractivity contribution in [2.75, 3.05) is 33.2 Å². The highest BCUT2D eigenvalue weighted by atomic mass is 16.1. The van der Waals surface area contributed by atoms with Crippen molar-refractivity contribution in [1.29, 1.82) is 0 Å². The van der Waals surface area contributed by atoms with Crippen LogP contribution < -0.4 is 11.1 Å². The van der Waals surface area contributed by atoms with Gasteiger partial charge < -0.3 is 16.0 Å². The SMILES string of the molecule is CN1CCC(CNC(=O)CN)C1. The molecule has 1 amide bonds. The highest BCUT2D eigenvalue weighted by Crippen LogP contribution is 2.12. The fourth-order valence-corrected chi connectivity index (χ4v) is 1.52. The minimum atomic E-state index is -0.0513. The van der Waals surface area contributed by atoms with Crippen molar-refractivity contribution < 1.29 is 4.79 Å². The Morgan fingerprint density at radius 2 is 2.50 bits per heavy atom. The largest absolute Gasteiger partial charge is 0.355 e. The molecule has 0 radical (unpaired) electrons. The van der Waals surface area contributed by atoms with Gasteiger partial charge in [0.05, 0.1) is 6.54 Å². The molecule has 12 heavy (non-hydrogen) atoms. The van der Waals surface area contributed by atoms with Crippen LogP contribution in [0.4, 0.5) is 0 Å². The zero-order valence-electron chi connectivity index (χ0n) is 7.55. The van der Waals surface area contributed by atoms with Crippen LogP contribution in [0.3, 0.4) is 0 Å². The number of hydrogen-bond acceptors (Lipinski definition) is 3. The molecule has 1 rings (SSSR count). The Labute approximate surface area is 73.1 Å². The van der Waals surface area contributed by atoms with Crippen LogP contribution in [-0.4, -0.2) is 44.0 Å². The van der Waals surface area contributed by atoms with E-state index in [0.29, 0.717) is 5.92 Å². The molecule has 0 aromatic heterocycles. The van der Waals surface area contributed by atoms with Crippen LogP contribution in [-0.2, 0) is 4.79 Å². The summed E-state index contributed by atoms with van der Waals surface area (Å²) in [6.45, 7) is 3.11. The van der Waals surface area contributed by atoms with E-state index in [9.17, 15) is 4.79 Å². The Morgan fingerprint density at radius 3 is 3.00 bits per heavy atom. The summed E-state index contributed by atoms with van der Waals surface area (Å²) in [4.78, 5) is 13.1. The summed E-state index contributed by atoms with van der Waals surface area (Å²) in [6.07, 6.45) is 1.18.